The number of fused-ring (bicyclic) bond motifs is 1. The summed E-state index contributed by atoms with van der Waals surface area (Å²) in [6, 6.07) is 15.8. The zero-order valence-electron chi connectivity index (χ0n) is 19.3. The van der Waals surface area contributed by atoms with E-state index in [4.69, 9.17) is 0 Å². The van der Waals surface area contributed by atoms with Crippen molar-refractivity contribution >= 4 is 34.1 Å². The van der Waals surface area contributed by atoms with Gasteiger partial charge in [-0.05, 0) is 67.1 Å². The molecule has 1 amide bonds. The number of carbonyl (C=O) groups is 1. The molecule has 8 nitrogen and oxygen atoms in total. The van der Waals surface area contributed by atoms with Crippen molar-refractivity contribution in [2.24, 2.45) is 0 Å². The molecule has 3 aromatic carbocycles. The summed E-state index contributed by atoms with van der Waals surface area (Å²) in [7, 11) is 0. The molecule has 0 spiro atoms. The molecule has 0 saturated carbocycles. The number of alkyl halides is 3. The van der Waals surface area contributed by atoms with E-state index in [1.807, 2.05) is 6.92 Å². The lowest BCUT2D eigenvalue weighted by Gasteiger charge is -2.13. The van der Waals surface area contributed by atoms with Gasteiger partial charge in [0.05, 0.1) is 22.8 Å². The highest BCUT2D eigenvalue weighted by Gasteiger charge is 2.30. The summed E-state index contributed by atoms with van der Waals surface area (Å²) in [5.74, 6) is -0.0623. The molecule has 0 aliphatic heterocycles. The number of aryl methyl sites for hydroxylation is 1. The third kappa shape index (κ3) is 4.92. The van der Waals surface area contributed by atoms with Crippen molar-refractivity contribution < 1.29 is 23.1 Å². The van der Waals surface area contributed by atoms with Gasteiger partial charge in [0.15, 0.2) is 5.65 Å². The summed E-state index contributed by atoms with van der Waals surface area (Å²) in [6.45, 7) is 1.86. The van der Waals surface area contributed by atoms with Gasteiger partial charge in [-0.15, -0.1) is 0 Å². The summed E-state index contributed by atoms with van der Waals surface area (Å²) >= 11 is 0. The van der Waals surface area contributed by atoms with Crippen molar-refractivity contribution in [2.45, 2.75) is 13.1 Å². The number of hydrogen-bond acceptors (Lipinski definition) is 6. The maximum Gasteiger partial charge on any atom is 0.416 e. The molecular weight excluding hydrogens is 485 g/mol. The lowest BCUT2D eigenvalue weighted by molar-refractivity contribution is -0.137. The summed E-state index contributed by atoms with van der Waals surface area (Å²) in [4.78, 5) is 21.3. The molecule has 0 bridgehead atoms. The molecule has 5 rings (SSSR count). The van der Waals surface area contributed by atoms with E-state index >= 15 is 0 Å². The van der Waals surface area contributed by atoms with Crippen molar-refractivity contribution in [2.75, 3.05) is 10.6 Å². The molecule has 3 N–H and O–H groups in total. The Balaban J connectivity index is 1.41. The number of nitrogens with one attached hydrogen (secondary N) is 2. The zero-order chi connectivity index (χ0) is 26.2. The Hall–Kier alpha value is -4.93. The van der Waals surface area contributed by atoms with Crippen LogP contribution < -0.4 is 10.6 Å². The standard InChI is InChI=1S/C26H19F3N6O2/c1-15-5-6-18(33-25(37)16-3-2-4-17(11-16)26(27,28)29)12-22(15)34-23-21-13-32-35(24(21)31-14-30-23)19-7-9-20(36)10-8-19/h2-14,36H,1H3,(H,33,37)(H,30,31,34). The van der Waals surface area contributed by atoms with E-state index in [-0.39, 0.29) is 11.3 Å². The smallest absolute Gasteiger partial charge is 0.416 e. The average molecular weight is 504 g/mol. The Bertz CT molecular complexity index is 1610. The van der Waals surface area contributed by atoms with Crippen molar-refractivity contribution in [3.63, 3.8) is 0 Å². The first kappa shape index (κ1) is 23.8. The molecule has 0 saturated heterocycles. The Kier molecular flexibility index (Phi) is 5.96. The molecular formula is C26H19F3N6O2. The van der Waals surface area contributed by atoms with E-state index in [0.29, 0.717) is 33.9 Å². The van der Waals surface area contributed by atoms with Gasteiger partial charge in [-0.1, -0.05) is 12.1 Å². The number of nitrogens with zero attached hydrogens (tertiary/aromatic N) is 4. The van der Waals surface area contributed by atoms with Crippen LogP contribution in [0, 0.1) is 6.92 Å². The summed E-state index contributed by atoms with van der Waals surface area (Å²) < 4.78 is 40.7. The molecule has 0 radical (unpaired) electrons. The Morgan fingerprint density at radius 1 is 1.00 bits per heavy atom. The fourth-order valence-corrected chi connectivity index (χ4v) is 3.73. The Morgan fingerprint density at radius 3 is 2.54 bits per heavy atom. The topological polar surface area (TPSA) is 105 Å². The highest BCUT2D eigenvalue weighted by Crippen LogP contribution is 2.31. The van der Waals surface area contributed by atoms with Gasteiger partial charge in [-0.3, -0.25) is 4.79 Å². The van der Waals surface area contributed by atoms with Gasteiger partial charge < -0.3 is 15.7 Å². The molecule has 37 heavy (non-hydrogen) atoms. The number of benzene rings is 3. The third-order valence-electron chi connectivity index (χ3n) is 5.66. The predicted molar refractivity (Wildman–Crippen MR) is 132 cm³/mol. The number of aromatic nitrogens is 4. The quantitative estimate of drug-likeness (QED) is 0.278. The van der Waals surface area contributed by atoms with Gasteiger partial charge in [0.25, 0.3) is 5.91 Å². The van der Waals surface area contributed by atoms with E-state index in [1.165, 1.54) is 18.5 Å². The number of rotatable bonds is 5. The molecule has 0 aliphatic rings. The van der Waals surface area contributed by atoms with E-state index in [2.05, 4.69) is 25.7 Å². The second kappa shape index (κ2) is 9.26. The van der Waals surface area contributed by atoms with Crippen LogP contribution in [-0.4, -0.2) is 30.8 Å². The van der Waals surface area contributed by atoms with Crippen molar-refractivity contribution in [3.05, 3.63) is 95.9 Å². The van der Waals surface area contributed by atoms with Gasteiger partial charge >= 0.3 is 6.18 Å². The molecule has 0 atom stereocenters. The monoisotopic (exact) mass is 504 g/mol. The number of phenolic OH excluding ortho intramolecular Hbond substituents is 1. The van der Waals surface area contributed by atoms with E-state index in [9.17, 15) is 23.1 Å². The second-order valence-corrected chi connectivity index (χ2v) is 8.22. The summed E-state index contributed by atoms with van der Waals surface area (Å²) in [5, 5.41) is 20.4. The van der Waals surface area contributed by atoms with Gasteiger partial charge in [0.1, 0.15) is 17.9 Å². The summed E-state index contributed by atoms with van der Waals surface area (Å²) in [5.41, 5.74) is 2.09. The highest BCUT2D eigenvalue weighted by atomic mass is 19.4. The van der Waals surface area contributed by atoms with Crippen molar-refractivity contribution in [3.8, 4) is 11.4 Å². The molecule has 0 unspecified atom stereocenters. The van der Waals surface area contributed by atoms with Crippen LogP contribution in [0.15, 0.2) is 79.3 Å². The molecule has 5 aromatic rings. The van der Waals surface area contributed by atoms with Gasteiger partial charge in [-0.25, -0.2) is 14.6 Å². The maximum absolute atomic E-state index is 13.0. The molecule has 11 heteroatoms. The fourth-order valence-electron chi connectivity index (χ4n) is 3.73. The Labute approximate surface area is 208 Å². The number of amides is 1. The van der Waals surface area contributed by atoms with Crippen LogP contribution in [0.1, 0.15) is 21.5 Å². The maximum atomic E-state index is 13.0. The lowest BCUT2D eigenvalue weighted by atomic mass is 10.1. The van der Waals surface area contributed by atoms with E-state index < -0.39 is 17.6 Å². The average Bonchev–Trinajstić information content (AvgIpc) is 3.31. The lowest BCUT2D eigenvalue weighted by Crippen LogP contribution is -2.14. The second-order valence-electron chi connectivity index (χ2n) is 8.22. The van der Waals surface area contributed by atoms with Gasteiger partial charge in [0, 0.05) is 16.9 Å². The molecule has 0 aliphatic carbocycles. The minimum Gasteiger partial charge on any atom is -0.508 e. The van der Waals surface area contributed by atoms with Crippen LogP contribution in [0.4, 0.5) is 30.4 Å². The fraction of sp³-hybridized carbons (Fsp3) is 0.0769. The van der Waals surface area contributed by atoms with Crippen LogP contribution in [0.25, 0.3) is 16.7 Å². The van der Waals surface area contributed by atoms with Gasteiger partial charge in [0.2, 0.25) is 0 Å². The normalized spacial score (nSPS) is 11.5. The number of anilines is 3. The minimum atomic E-state index is -4.55. The largest absolute Gasteiger partial charge is 0.508 e. The van der Waals surface area contributed by atoms with Crippen molar-refractivity contribution in [1.29, 1.82) is 0 Å². The van der Waals surface area contributed by atoms with Crippen LogP contribution in [-0.2, 0) is 6.18 Å². The Morgan fingerprint density at radius 2 is 1.78 bits per heavy atom. The predicted octanol–water partition coefficient (Wildman–Crippen LogP) is 5.84. The first-order valence-corrected chi connectivity index (χ1v) is 11.0. The highest BCUT2D eigenvalue weighted by molar-refractivity contribution is 6.04. The first-order valence-electron chi connectivity index (χ1n) is 11.0. The first-order chi connectivity index (χ1) is 17.7. The van der Waals surface area contributed by atoms with Crippen molar-refractivity contribution in [1.82, 2.24) is 19.7 Å². The summed E-state index contributed by atoms with van der Waals surface area (Å²) in [6.07, 6.45) is -1.55. The number of halogens is 3. The third-order valence-corrected chi connectivity index (χ3v) is 5.66. The molecule has 0 fully saturated rings. The van der Waals surface area contributed by atoms with E-state index in [0.717, 1.165) is 17.7 Å². The van der Waals surface area contributed by atoms with E-state index in [1.54, 1.807) is 53.3 Å². The number of hydrogen-bond donors (Lipinski definition) is 3. The SMILES string of the molecule is Cc1ccc(NC(=O)c2cccc(C(F)(F)F)c2)cc1Nc1ncnc2c1cnn2-c1ccc(O)cc1. The van der Waals surface area contributed by atoms with Crippen LogP contribution in [0.5, 0.6) is 5.75 Å². The zero-order valence-corrected chi connectivity index (χ0v) is 19.3. The minimum absolute atomic E-state index is 0.107. The van der Waals surface area contributed by atoms with Gasteiger partial charge in [-0.2, -0.15) is 18.3 Å². The van der Waals surface area contributed by atoms with Crippen LogP contribution in [0.3, 0.4) is 0 Å². The number of aromatic hydroxyl groups is 1. The van der Waals surface area contributed by atoms with Crippen LogP contribution >= 0.6 is 0 Å². The molecule has 186 valence electrons. The molecule has 2 aromatic heterocycles. The number of phenols is 1. The number of carbonyl (C=O) groups excluding carboxylic acids is 1. The van der Waals surface area contributed by atoms with Crippen LogP contribution in [0.2, 0.25) is 0 Å². The molecule has 2 heterocycles.